The fourth-order valence-electron chi connectivity index (χ4n) is 6.48. The van der Waals surface area contributed by atoms with Gasteiger partial charge in [-0.05, 0) is 122 Å². The summed E-state index contributed by atoms with van der Waals surface area (Å²) >= 11 is 0. The minimum Gasteiger partial charge on any atom is -0.462 e. The van der Waals surface area contributed by atoms with E-state index >= 15 is 0 Å². The van der Waals surface area contributed by atoms with Crippen molar-refractivity contribution >= 4 is 17.9 Å². The van der Waals surface area contributed by atoms with Crippen LogP contribution in [0.3, 0.4) is 0 Å². The van der Waals surface area contributed by atoms with Crippen LogP contribution >= 0.6 is 0 Å². The van der Waals surface area contributed by atoms with Gasteiger partial charge in [0.05, 0.1) is 0 Å². The minimum atomic E-state index is -0.838. The van der Waals surface area contributed by atoms with E-state index < -0.39 is 12.1 Å². The van der Waals surface area contributed by atoms with E-state index in [1.54, 1.807) is 0 Å². The Labute approximate surface area is 428 Å². The molecular formula is C64H96O6. The van der Waals surface area contributed by atoms with E-state index in [4.69, 9.17) is 14.2 Å². The summed E-state index contributed by atoms with van der Waals surface area (Å²) in [5, 5.41) is 0. The van der Waals surface area contributed by atoms with E-state index in [0.29, 0.717) is 19.3 Å². The standard InChI is InChI=1S/C64H96O6/c1-4-7-10-13-16-18-20-22-23-24-25-26-27-28-29-30-31-32-33-34-35-36-37-38-39-40-41-43-44-46-48-51-54-57-63(66)69-60-61(59-68-62(65)56-53-50-15-12-9-6-3)70-64(67)58-55-52-49-47-45-42-21-19-17-14-11-8-5-2/h7-8,10-11,16-19,22-23,25-26,28-29,31-32,34-35,37-38,40-42,44-46,49,52,61H,4-6,9,12-15,20-21,24,27,30,33,36,39,43,47-48,50-51,53-60H2,1-3H3/b10-7-,11-8-,18-16-,19-17-,23-22-,26-25-,29-28-,32-31-,35-34-,38-37-,41-40-,45-42-,46-44-,52-49-. The number of carbonyl (C=O) groups is 3. The Kier molecular flexibility index (Phi) is 52.1. The summed E-state index contributed by atoms with van der Waals surface area (Å²) in [6, 6.07) is 0. The van der Waals surface area contributed by atoms with Crippen LogP contribution in [0, 0.1) is 0 Å². The molecule has 0 aromatic heterocycles. The Morgan fingerprint density at radius 2 is 0.586 bits per heavy atom. The summed E-state index contributed by atoms with van der Waals surface area (Å²) in [6.07, 6.45) is 84.0. The highest BCUT2D eigenvalue weighted by molar-refractivity contribution is 5.71. The van der Waals surface area contributed by atoms with Crippen molar-refractivity contribution in [2.24, 2.45) is 0 Å². The highest BCUT2D eigenvalue weighted by Gasteiger charge is 2.19. The summed E-state index contributed by atoms with van der Waals surface area (Å²) in [5.41, 5.74) is 0. The van der Waals surface area contributed by atoms with Crippen molar-refractivity contribution in [1.82, 2.24) is 0 Å². The van der Waals surface area contributed by atoms with Crippen molar-refractivity contribution in [3.8, 4) is 0 Å². The van der Waals surface area contributed by atoms with Crippen LogP contribution < -0.4 is 0 Å². The summed E-state index contributed by atoms with van der Waals surface area (Å²) in [5.74, 6) is -1.08. The molecule has 0 rings (SSSR count). The van der Waals surface area contributed by atoms with E-state index in [1.807, 2.05) is 12.2 Å². The zero-order valence-corrected chi connectivity index (χ0v) is 44.2. The highest BCUT2D eigenvalue weighted by atomic mass is 16.6. The van der Waals surface area contributed by atoms with Gasteiger partial charge in [-0.15, -0.1) is 0 Å². The van der Waals surface area contributed by atoms with Crippen LogP contribution in [-0.2, 0) is 28.6 Å². The van der Waals surface area contributed by atoms with Crippen molar-refractivity contribution in [3.05, 3.63) is 170 Å². The molecule has 0 bridgehead atoms. The molecule has 0 heterocycles. The van der Waals surface area contributed by atoms with Gasteiger partial charge in [0, 0.05) is 19.3 Å². The monoisotopic (exact) mass is 961 g/mol. The number of unbranched alkanes of at least 4 members (excludes halogenated alkanes) is 7. The van der Waals surface area contributed by atoms with E-state index in [2.05, 4.69) is 179 Å². The van der Waals surface area contributed by atoms with E-state index in [0.717, 1.165) is 122 Å². The third-order valence-corrected chi connectivity index (χ3v) is 10.5. The number of ether oxygens (including phenoxy) is 3. The normalized spacial score (nSPS) is 13.5. The molecule has 0 saturated heterocycles. The number of carbonyl (C=O) groups excluding carboxylic acids is 3. The largest absolute Gasteiger partial charge is 0.462 e. The summed E-state index contributed by atoms with van der Waals surface area (Å²) in [7, 11) is 0. The minimum absolute atomic E-state index is 0.128. The second-order valence-corrected chi connectivity index (χ2v) is 17.0. The molecule has 0 aliphatic carbocycles. The molecule has 6 nitrogen and oxygen atoms in total. The third-order valence-electron chi connectivity index (χ3n) is 10.5. The first kappa shape index (κ1) is 64.8. The molecular weight excluding hydrogens is 865 g/mol. The second-order valence-electron chi connectivity index (χ2n) is 17.0. The maximum Gasteiger partial charge on any atom is 0.306 e. The Bertz CT molecular complexity index is 1670. The van der Waals surface area contributed by atoms with Gasteiger partial charge in [-0.25, -0.2) is 0 Å². The SMILES string of the molecule is CC/C=C\C/C=C\C/C=C\C/C=C\C/C=C\C/C=C\C/C=C\C/C=C\C/C=C\C/C=C\CCCCC(=O)OCC(COC(=O)CCCCCCCC)OC(=O)CC/C=C\C/C=C\C/C=C\C/C=C\CC. The van der Waals surface area contributed by atoms with Crippen LogP contribution in [0.25, 0.3) is 0 Å². The van der Waals surface area contributed by atoms with Gasteiger partial charge >= 0.3 is 17.9 Å². The summed E-state index contributed by atoms with van der Waals surface area (Å²) in [6.45, 7) is 6.20. The van der Waals surface area contributed by atoms with Crippen molar-refractivity contribution in [2.45, 2.75) is 200 Å². The van der Waals surface area contributed by atoms with E-state index in [-0.39, 0.29) is 38.0 Å². The molecule has 0 aromatic carbocycles. The molecule has 0 N–H and O–H groups in total. The van der Waals surface area contributed by atoms with Gasteiger partial charge < -0.3 is 14.2 Å². The number of esters is 3. The second kappa shape index (κ2) is 56.4. The molecule has 0 spiro atoms. The number of hydrogen-bond acceptors (Lipinski definition) is 6. The van der Waals surface area contributed by atoms with Gasteiger partial charge in [-0.3, -0.25) is 14.4 Å². The first-order chi connectivity index (χ1) is 34.5. The fraction of sp³-hybridized carbons (Fsp3) is 0.516. The first-order valence-electron chi connectivity index (χ1n) is 27.1. The molecule has 0 aromatic rings. The van der Waals surface area contributed by atoms with Crippen molar-refractivity contribution in [3.63, 3.8) is 0 Å². The molecule has 0 aliphatic heterocycles. The van der Waals surface area contributed by atoms with Gasteiger partial charge in [0.25, 0.3) is 0 Å². The van der Waals surface area contributed by atoms with Gasteiger partial charge in [0.2, 0.25) is 0 Å². The molecule has 0 saturated carbocycles. The molecule has 388 valence electrons. The van der Waals surface area contributed by atoms with Crippen molar-refractivity contribution in [1.29, 1.82) is 0 Å². The molecule has 6 heteroatoms. The van der Waals surface area contributed by atoms with E-state index in [1.165, 1.54) is 19.3 Å². The van der Waals surface area contributed by atoms with Gasteiger partial charge in [0.1, 0.15) is 13.2 Å². The van der Waals surface area contributed by atoms with Crippen LogP contribution in [0.1, 0.15) is 194 Å². The van der Waals surface area contributed by atoms with Crippen LogP contribution in [0.5, 0.6) is 0 Å². The summed E-state index contributed by atoms with van der Waals surface area (Å²) < 4.78 is 16.6. The van der Waals surface area contributed by atoms with Gasteiger partial charge in [-0.1, -0.05) is 223 Å². The average molecular weight is 961 g/mol. The number of allylic oxidation sites excluding steroid dienone is 28. The van der Waals surface area contributed by atoms with Crippen LogP contribution in [0.4, 0.5) is 0 Å². The lowest BCUT2D eigenvalue weighted by atomic mass is 10.1. The Morgan fingerprint density at radius 1 is 0.300 bits per heavy atom. The lowest BCUT2D eigenvalue weighted by molar-refractivity contribution is -0.166. The van der Waals surface area contributed by atoms with Crippen LogP contribution in [-0.4, -0.2) is 37.2 Å². The predicted molar refractivity (Wildman–Crippen MR) is 301 cm³/mol. The maximum absolute atomic E-state index is 12.7. The van der Waals surface area contributed by atoms with Crippen molar-refractivity contribution < 1.29 is 28.6 Å². The summed E-state index contributed by atoms with van der Waals surface area (Å²) in [4.78, 5) is 37.7. The van der Waals surface area contributed by atoms with E-state index in [9.17, 15) is 14.4 Å². The van der Waals surface area contributed by atoms with Gasteiger partial charge in [0.15, 0.2) is 6.10 Å². The molecule has 0 fully saturated rings. The first-order valence-corrected chi connectivity index (χ1v) is 27.1. The molecule has 0 aliphatic rings. The predicted octanol–water partition coefficient (Wildman–Crippen LogP) is 18.4. The number of rotatable bonds is 46. The Morgan fingerprint density at radius 3 is 0.929 bits per heavy atom. The van der Waals surface area contributed by atoms with Gasteiger partial charge in [-0.2, -0.15) is 0 Å². The molecule has 1 unspecified atom stereocenters. The molecule has 0 radical (unpaired) electrons. The van der Waals surface area contributed by atoms with Crippen LogP contribution in [0.15, 0.2) is 170 Å². The smallest absolute Gasteiger partial charge is 0.306 e. The topological polar surface area (TPSA) is 78.9 Å². The van der Waals surface area contributed by atoms with Crippen LogP contribution in [0.2, 0.25) is 0 Å². The Hall–Kier alpha value is -5.23. The lowest BCUT2D eigenvalue weighted by Gasteiger charge is -2.18. The zero-order valence-electron chi connectivity index (χ0n) is 44.2. The lowest BCUT2D eigenvalue weighted by Crippen LogP contribution is -2.30. The highest BCUT2D eigenvalue weighted by Crippen LogP contribution is 2.10. The fourth-order valence-corrected chi connectivity index (χ4v) is 6.48. The molecule has 1 atom stereocenters. The zero-order chi connectivity index (χ0) is 50.7. The third kappa shape index (κ3) is 53.7. The quantitative estimate of drug-likeness (QED) is 0.0262. The average Bonchev–Trinajstić information content (AvgIpc) is 3.36. The van der Waals surface area contributed by atoms with Crippen molar-refractivity contribution in [2.75, 3.05) is 13.2 Å². The molecule has 70 heavy (non-hydrogen) atoms. The number of hydrogen-bond donors (Lipinski definition) is 0. The Balaban J connectivity index is 4.28. The molecule has 0 amide bonds. The maximum atomic E-state index is 12.7.